The van der Waals surface area contributed by atoms with Crippen LogP contribution in [0.25, 0.3) is 20.7 Å². The largest absolute Gasteiger partial charge is 0.397 e. The molecule has 0 aliphatic heterocycles. The summed E-state index contributed by atoms with van der Waals surface area (Å²) in [5.41, 5.74) is 13.3. The maximum atomic E-state index is 12.7. The number of nitrogens with two attached hydrogens (primary N) is 2. The molecule has 0 radical (unpaired) electrons. The molecule has 3 aromatic heterocycles. The summed E-state index contributed by atoms with van der Waals surface area (Å²) in [6, 6.07) is 5.92. The second-order valence-corrected chi connectivity index (χ2v) is 8.50. The Morgan fingerprint density at radius 3 is 2.73 bits per heavy atom. The van der Waals surface area contributed by atoms with Crippen molar-refractivity contribution in [2.24, 2.45) is 0 Å². The van der Waals surface area contributed by atoms with Crippen molar-refractivity contribution in [3.8, 4) is 16.5 Å². The summed E-state index contributed by atoms with van der Waals surface area (Å²) >= 11 is 2.68. The van der Waals surface area contributed by atoms with Gasteiger partial charge in [0, 0.05) is 21.4 Å². The first-order valence-corrected chi connectivity index (χ1v) is 9.76. The van der Waals surface area contributed by atoms with Gasteiger partial charge < -0.3 is 16.8 Å². The van der Waals surface area contributed by atoms with Crippen LogP contribution >= 0.6 is 22.7 Å². The van der Waals surface area contributed by atoms with Gasteiger partial charge in [0.1, 0.15) is 27.2 Å². The van der Waals surface area contributed by atoms with E-state index in [1.54, 1.807) is 0 Å². The molecule has 0 saturated heterocycles. The summed E-state index contributed by atoms with van der Waals surface area (Å²) in [6.45, 7) is 5.91. The Hall–Kier alpha value is -2.63. The van der Waals surface area contributed by atoms with Gasteiger partial charge >= 0.3 is 0 Å². The van der Waals surface area contributed by atoms with Crippen molar-refractivity contribution >= 4 is 50.3 Å². The van der Waals surface area contributed by atoms with Crippen molar-refractivity contribution in [2.75, 3.05) is 11.5 Å². The van der Waals surface area contributed by atoms with Gasteiger partial charge in [-0.3, -0.25) is 4.79 Å². The Labute approximate surface area is 159 Å². The van der Waals surface area contributed by atoms with Gasteiger partial charge in [-0.15, -0.1) is 22.7 Å². The smallest absolute Gasteiger partial charge is 0.263 e. The second kappa shape index (κ2) is 6.59. The van der Waals surface area contributed by atoms with Gasteiger partial charge in [0.2, 0.25) is 0 Å². The highest BCUT2D eigenvalue weighted by atomic mass is 32.1. The summed E-state index contributed by atoms with van der Waals surface area (Å²) in [5.74, 6) is -0.0999. The summed E-state index contributed by atoms with van der Waals surface area (Å²) in [4.78, 5) is 18.9. The Kier molecular flexibility index (Phi) is 4.61. The Morgan fingerprint density at radius 2 is 2.15 bits per heavy atom. The summed E-state index contributed by atoms with van der Waals surface area (Å²) in [5, 5.41) is 15.1. The molecular formula is C18H19N5OS2. The number of hydrogen-bond donors (Lipinski definition) is 3. The normalized spacial score (nSPS) is 11.5. The highest BCUT2D eigenvalue weighted by Crippen LogP contribution is 2.43. The van der Waals surface area contributed by atoms with Crippen LogP contribution in [0.3, 0.4) is 0 Å². The first kappa shape index (κ1) is 18.2. The molecule has 6 nitrogen and oxygen atoms in total. The second-order valence-electron chi connectivity index (χ2n) is 6.55. The SMILES string of the molecule is CCC(C)(C)NC(=O)c1sc2nc(N)c(C#N)c(-c3cccs3)c2c1N. The number of pyridine rings is 1. The number of nitrogens with one attached hydrogen (secondary N) is 1. The summed E-state index contributed by atoms with van der Waals surface area (Å²) < 4.78 is 0. The van der Waals surface area contributed by atoms with Crippen molar-refractivity contribution in [1.82, 2.24) is 10.3 Å². The number of carbonyl (C=O) groups is 1. The number of nitrogen functional groups attached to an aromatic ring is 2. The lowest BCUT2D eigenvalue weighted by Gasteiger charge is -2.24. The first-order chi connectivity index (χ1) is 12.3. The average molecular weight is 386 g/mol. The van der Waals surface area contributed by atoms with E-state index in [4.69, 9.17) is 11.5 Å². The van der Waals surface area contributed by atoms with E-state index in [1.807, 2.05) is 38.3 Å². The average Bonchev–Trinajstić information content (AvgIpc) is 3.22. The Morgan fingerprint density at radius 1 is 1.42 bits per heavy atom. The third-order valence-corrected chi connectivity index (χ3v) is 6.31. The molecule has 3 rings (SSSR count). The van der Waals surface area contributed by atoms with Crippen molar-refractivity contribution < 1.29 is 4.79 Å². The molecular weight excluding hydrogens is 366 g/mol. The van der Waals surface area contributed by atoms with E-state index in [1.165, 1.54) is 22.7 Å². The molecule has 0 aliphatic rings. The minimum absolute atomic E-state index is 0.144. The summed E-state index contributed by atoms with van der Waals surface area (Å²) in [6.07, 6.45) is 0.785. The topological polar surface area (TPSA) is 118 Å². The Balaban J connectivity index is 2.26. The van der Waals surface area contributed by atoms with E-state index in [-0.39, 0.29) is 22.8 Å². The minimum atomic E-state index is -0.347. The fourth-order valence-electron chi connectivity index (χ4n) is 2.57. The number of thiophene rings is 2. The number of aromatic nitrogens is 1. The molecule has 0 spiro atoms. The third-order valence-electron chi connectivity index (χ3n) is 4.33. The van der Waals surface area contributed by atoms with E-state index in [9.17, 15) is 10.1 Å². The van der Waals surface area contributed by atoms with Crippen LogP contribution in [0, 0.1) is 11.3 Å². The number of nitrogens with zero attached hydrogens (tertiary/aromatic N) is 2. The van der Waals surface area contributed by atoms with Gasteiger partial charge in [0.15, 0.2) is 0 Å². The van der Waals surface area contributed by atoms with Gasteiger partial charge in [0.25, 0.3) is 5.91 Å². The summed E-state index contributed by atoms with van der Waals surface area (Å²) in [7, 11) is 0. The van der Waals surface area contributed by atoms with Crippen LogP contribution in [-0.4, -0.2) is 16.4 Å². The van der Waals surface area contributed by atoms with Crippen LogP contribution in [0.2, 0.25) is 0 Å². The van der Waals surface area contributed by atoms with Crippen LogP contribution in [0.4, 0.5) is 11.5 Å². The molecule has 134 valence electrons. The van der Waals surface area contributed by atoms with Crippen molar-refractivity contribution in [2.45, 2.75) is 32.7 Å². The lowest BCUT2D eigenvalue weighted by atomic mass is 10.0. The predicted octanol–water partition coefficient (Wildman–Crippen LogP) is 3.98. The number of nitriles is 1. The molecule has 0 unspecified atom stereocenters. The molecule has 0 aromatic carbocycles. The van der Waals surface area contributed by atoms with Crippen LogP contribution in [0.15, 0.2) is 17.5 Å². The fourth-order valence-corrected chi connectivity index (χ4v) is 4.36. The van der Waals surface area contributed by atoms with Crippen LogP contribution in [0.1, 0.15) is 42.4 Å². The third kappa shape index (κ3) is 3.00. The standard InChI is InChI=1S/C18H19N5OS2/c1-4-18(2,3)23-16(24)14-13(20)12-11(10-6-5-7-25-10)9(8-19)15(21)22-17(12)26-14/h5-7H,4,20H2,1-3H3,(H2,21,22)(H,23,24). The zero-order valence-corrected chi connectivity index (χ0v) is 16.3. The lowest BCUT2D eigenvalue weighted by Crippen LogP contribution is -2.42. The van der Waals surface area contributed by atoms with E-state index >= 15 is 0 Å². The number of amides is 1. The maximum absolute atomic E-state index is 12.7. The van der Waals surface area contributed by atoms with Crippen molar-refractivity contribution in [1.29, 1.82) is 5.26 Å². The molecule has 0 aliphatic carbocycles. The first-order valence-electron chi connectivity index (χ1n) is 8.07. The van der Waals surface area contributed by atoms with Gasteiger partial charge in [0.05, 0.1) is 5.69 Å². The minimum Gasteiger partial charge on any atom is -0.397 e. The zero-order valence-electron chi connectivity index (χ0n) is 14.7. The monoisotopic (exact) mass is 385 g/mol. The molecule has 26 heavy (non-hydrogen) atoms. The highest BCUT2D eigenvalue weighted by Gasteiger charge is 2.27. The molecule has 3 aromatic rings. The van der Waals surface area contributed by atoms with Gasteiger partial charge in [-0.25, -0.2) is 4.98 Å². The van der Waals surface area contributed by atoms with E-state index in [0.717, 1.165) is 11.3 Å². The van der Waals surface area contributed by atoms with E-state index < -0.39 is 0 Å². The van der Waals surface area contributed by atoms with Gasteiger partial charge in [-0.2, -0.15) is 5.26 Å². The van der Waals surface area contributed by atoms with Gasteiger partial charge in [-0.05, 0) is 31.7 Å². The van der Waals surface area contributed by atoms with E-state index in [2.05, 4.69) is 16.4 Å². The highest BCUT2D eigenvalue weighted by molar-refractivity contribution is 7.21. The van der Waals surface area contributed by atoms with Gasteiger partial charge in [-0.1, -0.05) is 13.0 Å². The molecule has 0 bridgehead atoms. The van der Waals surface area contributed by atoms with Crippen molar-refractivity contribution in [3.63, 3.8) is 0 Å². The Bertz CT molecular complexity index is 1030. The van der Waals surface area contributed by atoms with Crippen molar-refractivity contribution in [3.05, 3.63) is 28.0 Å². The van der Waals surface area contributed by atoms with E-state index in [0.29, 0.717) is 26.3 Å². The molecule has 0 fully saturated rings. The zero-order chi connectivity index (χ0) is 19.1. The number of rotatable bonds is 4. The fraction of sp³-hybridized carbons (Fsp3) is 0.278. The lowest BCUT2D eigenvalue weighted by molar-refractivity contribution is 0.0916. The van der Waals surface area contributed by atoms with Crippen LogP contribution in [-0.2, 0) is 0 Å². The molecule has 0 saturated carbocycles. The molecule has 5 N–H and O–H groups in total. The van der Waals surface area contributed by atoms with Crippen LogP contribution in [0.5, 0.6) is 0 Å². The maximum Gasteiger partial charge on any atom is 0.263 e. The molecule has 0 atom stereocenters. The number of fused-ring (bicyclic) bond motifs is 1. The van der Waals surface area contributed by atoms with Crippen LogP contribution < -0.4 is 16.8 Å². The predicted molar refractivity (Wildman–Crippen MR) is 108 cm³/mol. The number of hydrogen-bond acceptors (Lipinski definition) is 7. The number of anilines is 2. The molecule has 8 heteroatoms. The molecule has 1 amide bonds. The quantitative estimate of drug-likeness (QED) is 0.628. The molecule has 3 heterocycles. The number of carbonyl (C=O) groups excluding carboxylic acids is 1.